The molecule has 41 heavy (non-hydrogen) atoms. The zero-order valence-corrected chi connectivity index (χ0v) is 25.4. The van der Waals surface area contributed by atoms with Crippen molar-refractivity contribution in [3.63, 3.8) is 0 Å². The highest BCUT2D eigenvalue weighted by Crippen LogP contribution is 2.30. The predicted molar refractivity (Wildman–Crippen MR) is 152 cm³/mol. The van der Waals surface area contributed by atoms with Gasteiger partial charge in [-0.05, 0) is 61.6 Å². The van der Waals surface area contributed by atoms with Gasteiger partial charge in [0.15, 0.2) is 11.5 Å². The number of rotatable bonds is 17. The lowest BCUT2D eigenvalue weighted by molar-refractivity contribution is -0.159. The van der Waals surface area contributed by atoms with E-state index in [1.165, 1.54) is 12.1 Å². The van der Waals surface area contributed by atoms with Crippen molar-refractivity contribution in [1.82, 2.24) is 0 Å². The Balaban J connectivity index is 2.84. The molecule has 0 aliphatic rings. The summed E-state index contributed by atoms with van der Waals surface area (Å²) in [7, 11) is 0. The molecule has 0 aliphatic heterocycles. The Bertz CT molecular complexity index is 978. The van der Waals surface area contributed by atoms with Gasteiger partial charge in [-0.25, -0.2) is 9.59 Å². The molecule has 2 N–H and O–H groups in total. The number of carbonyl (C=O) groups excluding carboxylic acids is 4. The number of benzene rings is 1. The highest BCUT2D eigenvalue weighted by atomic mass is 16.7. The van der Waals surface area contributed by atoms with Gasteiger partial charge in [0, 0.05) is 6.42 Å². The number of hydrogen-bond donors (Lipinski definition) is 1. The van der Waals surface area contributed by atoms with E-state index in [2.05, 4.69) is 0 Å². The standard InChI is InChI=1S/C30H47NO10/c1-8-21(6)15-27(32)38-18-22(7)39-28(33)24(31)16-23-9-10-25(40-29(34)36-13-11-19(2)3)26(17-23)41-30(35)37-14-12-20(4)5/h9-10,17,19-22,24H,8,11-16,18,31H2,1-7H3/t21?,22-,24-/m0/s1. The van der Waals surface area contributed by atoms with E-state index in [4.69, 9.17) is 34.2 Å². The van der Waals surface area contributed by atoms with Crippen LogP contribution in [-0.4, -0.2) is 56.2 Å². The summed E-state index contributed by atoms with van der Waals surface area (Å²) in [5, 5.41) is 0. The first-order valence-electron chi connectivity index (χ1n) is 14.2. The molecule has 1 rings (SSSR count). The van der Waals surface area contributed by atoms with Crippen LogP contribution in [0, 0.1) is 17.8 Å². The Hall–Kier alpha value is -3.34. The fourth-order valence-electron chi connectivity index (χ4n) is 3.19. The van der Waals surface area contributed by atoms with Crippen LogP contribution >= 0.6 is 0 Å². The Morgan fingerprint density at radius 2 is 1.37 bits per heavy atom. The molecule has 0 saturated carbocycles. The third-order valence-corrected chi connectivity index (χ3v) is 5.99. The average molecular weight is 582 g/mol. The highest BCUT2D eigenvalue weighted by Gasteiger charge is 2.22. The molecule has 0 amide bonds. The Morgan fingerprint density at radius 3 is 1.90 bits per heavy atom. The maximum atomic E-state index is 12.5. The molecular formula is C30H47NO10. The van der Waals surface area contributed by atoms with Gasteiger partial charge in [0.2, 0.25) is 0 Å². The summed E-state index contributed by atoms with van der Waals surface area (Å²) in [6.45, 7) is 13.8. The second-order valence-electron chi connectivity index (χ2n) is 11.0. The van der Waals surface area contributed by atoms with E-state index in [-0.39, 0.29) is 49.6 Å². The monoisotopic (exact) mass is 581 g/mol. The molecule has 0 aliphatic carbocycles. The van der Waals surface area contributed by atoms with Crippen molar-refractivity contribution in [2.24, 2.45) is 23.5 Å². The quantitative estimate of drug-likeness (QED) is 0.139. The van der Waals surface area contributed by atoms with E-state index in [0.717, 1.165) is 6.42 Å². The zero-order valence-electron chi connectivity index (χ0n) is 25.4. The first-order chi connectivity index (χ1) is 19.3. The molecule has 0 fully saturated rings. The van der Waals surface area contributed by atoms with Crippen LogP contribution in [0.1, 0.15) is 79.7 Å². The third-order valence-electron chi connectivity index (χ3n) is 5.99. The van der Waals surface area contributed by atoms with E-state index in [9.17, 15) is 19.2 Å². The molecule has 1 unspecified atom stereocenters. The maximum absolute atomic E-state index is 12.5. The van der Waals surface area contributed by atoms with Gasteiger partial charge in [0.05, 0.1) is 13.2 Å². The Labute approximate surface area is 243 Å². The summed E-state index contributed by atoms with van der Waals surface area (Å²) in [5.74, 6) is -0.338. The van der Waals surface area contributed by atoms with E-state index in [1.54, 1.807) is 13.0 Å². The van der Waals surface area contributed by atoms with Crippen LogP contribution in [-0.2, 0) is 35.0 Å². The van der Waals surface area contributed by atoms with Gasteiger partial charge in [-0.2, -0.15) is 0 Å². The molecule has 3 atom stereocenters. The lowest BCUT2D eigenvalue weighted by atomic mass is 10.1. The SMILES string of the molecule is CCC(C)CC(=O)OC[C@H](C)OC(=O)[C@@H](N)Cc1ccc(OC(=O)OCCC(C)C)c(OC(=O)OCCC(C)C)c1. The fraction of sp³-hybridized carbons (Fsp3) is 0.667. The molecule has 0 spiro atoms. The molecule has 232 valence electrons. The van der Waals surface area contributed by atoms with Crippen LogP contribution in [0.4, 0.5) is 9.59 Å². The Kier molecular flexibility index (Phi) is 16.5. The highest BCUT2D eigenvalue weighted by molar-refractivity contribution is 5.76. The second-order valence-corrected chi connectivity index (χ2v) is 11.0. The number of hydrogen-bond acceptors (Lipinski definition) is 11. The van der Waals surface area contributed by atoms with Crippen LogP contribution in [0.5, 0.6) is 11.5 Å². The van der Waals surface area contributed by atoms with E-state index in [1.807, 2.05) is 41.5 Å². The van der Waals surface area contributed by atoms with Crippen molar-refractivity contribution in [2.75, 3.05) is 19.8 Å². The topological polar surface area (TPSA) is 150 Å². The third kappa shape index (κ3) is 15.9. The summed E-state index contributed by atoms with van der Waals surface area (Å²) in [6.07, 6.45) is -0.127. The van der Waals surface area contributed by atoms with Crippen molar-refractivity contribution in [1.29, 1.82) is 0 Å². The van der Waals surface area contributed by atoms with Gasteiger partial charge in [-0.15, -0.1) is 0 Å². The fourth-order valence-corrected chi connectivity index (χ4v) is 3.19. The number of nitrogens with two attached hydrogens (primary N) is 1. The molecule has 1 aromatic carbocycles. The van der Waals surface area contributed by atoms with Gasteiger partial charge in [-0.3, -0.25) is 9.59 Å². The summed E-state index contributed by atoms with van der Waals surface area (Å²) in [4.78, 5) is 48.9. The molecule has 0 heterocycles. The predicted octanol–water partition coefficient (Wildman–Crippen LogP) is 5.59. The molecule has 0 radical (unpaired) electrons. The Morgan fingerprint density at radius 1 is 0.805 bits per heavy atom. The van der Waals surface area contributed by atoms with Crippen molar-refractivity contribution < 1.29 is 47.6 Å². The molecule has 0 saturated heterocycles. The summed E-state index contributed by atoms with van der Waals surface area (Å²) in [6, 6.07) is 3.34. The largest absolute Gasteiger partial charge is 0.513 e. The summed E-state index contributed by atoms with van der Waals surface area (Å²) < 4.78 is 31.3. The van der Waals surface area contributed by atoms with Crippen molar-refractivity contribution in [3.8, 4) is 11.5 Å². The maximum Gasteiger partial charge on any atom is 0.513 e. The van der Waals surface area contributed by atoms with Crippen molar-refractivity contribution in [3.05, 3.63) is 23.8 Å². The number of ether oxygens (including phenoxy) is 6. The molecule has 1 aromatic rings. The van der Waals surface area contributed by atoms with Crippen LogP contribution in [0.25, 0.3) is 0 Å². The van der Waals surface area contributed by atoms with Gasteiger partial charge < -0.3 is 34.2 Å². The summed E-state index contributed by atoms with van der Waals surface area (Å²) >= 11 is 0. The molecular weight excluding hydrogens is 534 g/mol. The van der Waals surface area contributed by atoms with Gasteiger partial charge in [-0.1, -0.05) is 54.0 Å². The van der Waals surface area contributed by atoms with Crippen LogP contribution < -0.4 is 15.2 Å². The molecule has 0 bridgehead atoms. The minimum absolute atomic E-state index is 0.0250. The normalized spacial score (nSPS) is 13.2. The molecule has 11 heteroatoms. The van der Waals surface area contributed by atoms with Crippen molar-refractivity contribution in [2.45, 2.75) is 92.7 Å². The minimum Gasteiger partial charge on any atom is -0.462 e. The number of carbonyl (C=O) groups is 4. The van der Waals surface area contributed by atoms with E-state index >= 15 is 0 Å². The van der Waals surface area contributed by atoms with Crippen molar-refractivity contribution >= 4 is 24.2 Å². The smallest absolute Gasteiger partial charge is 0.462 e. The first kappa shape index (κ1) is 35.7. The minimum atomic E-state index is -1.06. The van der Waals surface area contributed by atoms with Gasteiger partial charge >= 0.3 is 24.2 Å². The van der Waals surface area contributed by atoms with Crippen LogP contribution in [0.15, 0.2) is 18.2 Å². The zero-order chi connectivity index (χ0) is 30.9. The number of esters is 2. The van der Waals surface area contributed by atoms with Crippen LogP contribution in [0.3, 0.4) is 0 Å². The summed E-state index contributed by atoms with van der Waals surface area (Å²) in [5.41, 5.74) is 6.57. The lowest BCUT2D eigenvalue weighted by Crippen LogP contribution is -2.37. The first-order valence-corrected chi connectivity index (χ1v) is 14.2. The van der Waals surface area contributed by atoms with E-state index in [0.29, 0.717) is 36.7 Å². The van der Waals surface area contributed by atoms with Gasteiger partial charge in [0.25, 0.3) is 0 Å². The van der Waals surface area contributed by atoms with Gasteiger partial charge in [0.1, 0.15) is 18.8 Å². The average Bonchev–Trinajstić information content (AvgIpc) is 2.88. The second kappa shape index (κ2) is 18.9. The van der Waals surface area contributed by atoms with E-state index < -0.39 is 30.4 Å². The molecule has 0 aromatic heterocycles. The molecule has 11 nitrogen and oxygen atoms in total. The lowest BCUT2D eigenvalue weighted by Gasteiger charge is -2.18. The van der Waals surface area contributed by atoms with Crippen LogP contribution in [0.2, 0.25) is 0 Å².